The standard InChI is InChI=1S/C11H23N3/c1-3-5-10-6-8-14(9-10)11(12)13-7-4-2/h10H,3-9H2,1-2H3,(H2,12,13). The molecule has 3 heteroatoms. The van der Waals surface area contributed by atoms with Crippen molar-refractivity contribution >= 4 is 5.96 Å². The molecule has 0 bridgehead atoms. The van der Waals surface area contributed by atoms with E-state index in [-0.39, 0.29) is 0 Å². The second-order valence-electron chi connectivity index (χ2n) is 4.13. The number of nitrogens with zero attached hydrogens (tertiary/aromatic N) is 2. The third kappa shape index (κ3) is 3.20. The Bertz CT molecular complexity index is 189. The van der Waals surface area contributed by atoms with E-state index < -0.39 is 0 Å². The molecule has 1 fully saturated rings. The van der Waals surface area contributed by atoms with Gasteiger partial charge in [0, 0.05) is 19.6 Å². The first-order chi connectivity index (χ1) is 6.77. The zero-order valence-electron chi connectivity index (χ0n) is 9.50. The van der Waals surface area contributed by atoms with Gasteiger partial charge in [0.15, 0.2) is 5.96 Å². The summed E-state index contributed by atoms with van der Waals surface area (Å²) in [4.78, 5) is 6.57. The average molecular weight is 197 g/mol. The lowest BCUT2D eigenvalue weighted by Crippen LogP contribution is -2.35. The van der Waals surface area contributed by atoms with Gasteiger partial charge < -0.3 is 10.6 Å². The fourth-order valence-corrected chi connectivity index (χ4v) is 2.01. The molecule has 2 N–H and O–H groups in total. The predicted molar refractivity (Wildman–Crippen MR) is 61.4 cm³/mol. The largest absolute Gasteiger partial charge is 0.370 e. The van der Waals surface area contributed by atoms with Crippen LogP contribution >= 0.6 is 0 Å². The summed E-state index contributed by atoms with van der Waals surface area (Å²) in [5, 5.41) is 0. The summed E-state index contributed by atoms with van der Waals surface area (Å²) < 4.78 is 0. The summed E-state index contributed by atoms with van der Waals surface area (Å²) in [5.74, 6) is 1.60. The normalized spacial score (nSPS) is 23.1. The lowest BCUT2D eigenvalue weighted by atomic mass is 10.0. The number of rotatable bonds is 4. The van der Waals surface area contributed by atoms with E-state index >= 15 is 0 Å². The molecule has 0 aromatic carbocycles. The Balaban J connectivity index is 2.33. The first-order valence-electron chi connectivity index (χ1n) is 5.82. The Morgan fingerprint density at radius 2 is 2.21 bits per heavy atom. The van der Waals surface area contributed by atoms with E-state index in [9.17, 15) is 0 Å². The highest BCUT2D eigenvalue weighted by molar-refractivity contribution is 5.78. The summed E-state index contributed by atoms with van der Waals surface area (Å²) in [7, 11) is 0. The lowest BCUT2D eigenvalue weighted by molar-refractivity contribution is 0.453. The highest BCUT2D eigenvalue weighted by atomic mass is 15.3. The second kappa shape index (κ2) is 5.89. The van der Waals surface area contributed by atoms with Crippen LogP contribution in [0.2, 0.25) is 0 Å². The first-order valence-corrected chi connectivity index (χ1v) is 5.82. The molecule has 0 aliphatic carbocycles. The highest BCUT2D eigenvalue weighted by Crippen LogP contribution is 2.20. The predicted octanol–water partition coefficient (Wildman–Crippen LogP) is 1.83. The van der Waals surface area contributed by atoms with Gasteiger partial charge in [0.05, 0.1) is 0 Å². The van der Waals surface area contributed by atoms with Crippen LogP contribution in [0.25, 0.3) is 0 Å². The van der Waals surface area contributed by atoms with Crippen LogP contribution in [-0.4, -0.2) is 30.5 Å². The van der Waals surface area contributed by atoms with Gasteiger partial charge in [-0.1, -0.05) is 20.3 Å². The van der Waals surface area contributed by atoms with E-state index in [2.05, 4.69) is 23.7 Å². The molecule has 1 saturated heterocycles. The number of likely N-dealkylation sites (tertiary alicyclic amines) is 1. The lowest BCUT2D eigenvalue weighted by Gasteiger charge is -2.17. The van der Waals surface area contributed by atoms with Crippen molar-refractivity contribution in [2.24, 2.45) is 16.6 Å². The Kier molecular flexibility index (Phi) is 4.77. The van der Waals surface area contributed by atoms with Gasteiger partial charge in [-0.3, -0.25) is 4.99 Å². The molecule has 1 aliphatic heterocycles. The first kappa shape index (κ1) is 11.3. The third-order valence-electron chi connectivity index (χ3n) is 2.80. The maximum atomic E-state index is 5.90. The molecule has 1 heterocycles. The van der Waals surface area contributed by atoms with Gasteiger partial charge in [-0.25, -0.2) is 0 Å². The summed E-state index contributed by atoms with van der Waals surface area (Å²) in [6.07, 6.45) is 4.98. The Labute approximate surface area is 87.4 Å². The molecule has 0 radical (unpaired) electrons. The van der Waals surface area contributed by atoms with E-state index in [1.807, 2.05) is 0 Å². The Hall–Kier alpha value is -0.730. The van der Waals surface area contributed by atoms with Crippen LogP contribution in [-0.2, 0) is 0 Å². The van der Waals surface area contributed by atoms with E-state index in [4.69, 9.17) is 5.73 Å². The molecule has 1 aliphatic rings. The molecule has 14 heavy (non-hydrogen) atoms. The quantitative estimate of drug-likeness (QED) is 0.552. The smallest absolute Gasteiger partial charge is 0.191 e. The van der Waals surface area contributed by atoms with Crippen molar-refractivity contribution in [2.45, 2.75) is 39.5 Å². The fourth-order valence-electron chi connectivity index (χ4n) is 2.01. The molecule has 1 unspecified atom stereocenters. The summed E-state index contributed by atoms with van der Waals surface area (Å²) in [5.41, 5.74) is 5.90. The second-order valence-corrected chi connectivity index (χ2v) is 4.13. The summed E-state index contributed by atoms with van der Waals surface area (Å²) >= 11 is 0. The van der Waals surface area contributed by atoms with Crippen LogP contribution in [0.1, 0.15) is 39.5 Å². The minimum atomic E-state index is 0.755. The number of hydrogen-bond acceptors (Lipinski definition) is 1. The van der Waals surface area contributed by atoms with Crippen LogP contribution in [0.4, 0.5) is 0 Å². The molecular formula is C11H23N3. The Morgan fingerprint density at radius 3 is 2.86 bits per heavy atom. The number of aliphatic imine (C=N–C) groups is 1. The van der Waals surface area contributed by atoms with E-state index in [1.54, 1.807) is 0 Å². The summed E-state index contributed by atoms with van der Waals surface area (Å²) in [6, 6.07) is 0. The van der Waals surface area contributed by atoms with Gasteiger partial charge in [0.25, 0.3) is 0 Å². The van der Waals surface area contributed by atoms with Crippen molar-refractivity contribution in [1.82, 2.24) is 4.90 Å². The maximum Gasteiger partial charge on any atom is 0.191 e. The molecule has 0 aromatic rings. The molecule has 0 spiro atoms. The van der Waals surface area contributed by atoms with Crippen molar-refractivity contribution in [1.29, 1.82) is 0 Å². The molecule has 1 rings (SSSR count). The minimum Gasteiger partial charge on any atom is -0.370 e. The van der Waals surface area contributed by atoms with Gasteiger partial charge in [-0.2, -0.15) is 0 Å². The molecule has 0 amide bonds. The van der Waals surface area contributed by atoms with Gasteiger partial charge in [0.1, 0.15) is 0 Å². The molecular weight excluding hydrogens is 174 g/mol. The van der Waals surface area contributed by atoms with Crippen LogP contribution in [0.5, 0.6) is 0 Å². The average Bonchev–Trinajstić information content (AvgIpc) is 2.63. The zero-order valence-corrected chi connectivity index (χ0v) is 9.50. The zero-order chi connectivity index (χ0) is 10.4. The molecule has 3 nitrogen and oxygen atoms in total. The van der Waals surface area contributed by atoms with Gasteiger partial charge in [-0.15, -0.1) is 0 Å². The van der Waals surface area contributed by atoms with Gasteiger partial charge >= 0.3 is 0 Å². The van der Waals surface area contributed by atoms with E-state index in [0.29, 0.717) is 0 Å². The maximum absolute atomic E-state index is 5.90. The number of nitrogens with two attached hydrogens (primary N) is 1. The third-order valence-corrected chi connectivity index (χ3v) is 2.80. The van der Waals surface area contributed by atoms with Crippen molar-refractivity contribution in [3.8, 4) is 0 Å². The topological polar surface area (TPSA) is 41.6 Å². The van der Waals surface area contributed by atoms with E-state index in [1.165, 1.54) is 19.3 Å². The summed E-state index contributed by atoms with van der Waals surface area (Å²) in [6.45, 7) is 7.45. The van der Waals surface area contributed by atoms with Crippen LogP contribution < -0.4 is 5.73 Å². The van der Waals surface area contributed by atoms with E-state index in [0.717, 1.165) is 37.9 Å². The SMILES string of the molecule is CCCN=C(N)N1CCC(CCC)C1. The Morgan fingerprint density at radius 1 is 1.43 bits per heavy atom. The molecule has 1 atom stereocenters. The molecule has 0 saturated carbocycles. The van der Waals surface area contributed by atoms with Crippen LogP contribution in [0.15, 0.2) is 4.99 Å². The van der Waals surface area contributed by atoms with Crippen molar-refractivity contribution < 1.29 is 0 Å². The van der Waals surface area contributed by atoms with Gasteiger partial charge in [-0.05, 0) is 25.2 Å². The minimum absolute atomic E-state index is 0.755. The number of guanidine groups is 1. The fraction of sp³-hybridized carbons (Fsp3) is 0.909. The van der Waals surface area contributed by atoms with Gasteiger partial charge in [0.2, 0.25) is 0 Å². The van der Waals surface area contributed by atoms with Crippen LogP contribution in [0.3, 0.4) is 0 Å². The molecule has 0 aromatic heterocycles. The molecule has 82 valence electrons. The number of hydrogen-bond donors (Lipinski definition) is 1. The van der Waals surface area contributed by atoms with Crippen molar-refractivity contribution in [3.63, 3.8) is 0 Å². The van der Waals surface area contributed by atoms with Crippen molar-refractivity contribution in [3.05, 3.63) is 0 Å². The van der Waals surface area contributed by atoms with Crippen molar-refractivity contribution in [2.75, 3.05) is 19.6 Å². The monoisotopic (exact) mass is 197 g/mol. The van der Waals surface area contributed by atoms with Crippen LogP contribution in [0, 0.1) is 5.92 Å². The highest BCUT2D eigenvalue weighted by Gasteiger charge is 2.22.